The molecule has 0 unspecified atom stereocenters. The predicted octanol–water partition coefficient (Wildman–Crippen LogP) is 2.24. The molecule has 0 atom stereocenters. The molecule has 1 aliphatic rings. The van der Waals surface area contributed by atoms with E-state index < -0.39 is 0 Å². The monoisotopic (exact) mass is 257 g/mol. The number of carbonyl (C=O) groups excluding carboxylic acids is 1. The molecule has 0 aliphatic carbocycles. The van der Waals surface area contributed by atoms with Crippen molar-refractivity contribution in [3.63, 3.8) is 0 Å². The zero-order valence-electron chi connectivity index (χ0n) is 6.96. The normalized spacial score (nSPS) is 15.3. The summed E-state index contributed by atoms with van der Waals surface area (Å²) in [5.41, 5.74) is 1.21. The predicted molar refractivity (Wildman–Crippen MR) is 51.3 cm³/mol. The van der Waals surface area contributed by atoms with Gasteiger partial charge < -0.3 is 4.84 Å². The third-order valence-electron chi connectivity index (χ3n) is 1.82. The van der Waals surface area contributed by atoms with Gasteiger partial charge in [0.2, 0.25) is 0 Å². The van der Waals surface area contributed by atoms with Crippen LogP contribution in [-0.2, 0) is 9.63 Å². The molecule has 3 nitrogen and oxygen atoms in total. The molecule has 0 aromatic heterocycles. The van der Waals surface area contributed by atoms with Gasteiger partial charge in [-0.05, 0) is 28.1 Å². The van der Waals surface area contributed by atoms with Gasteiger partial charge in [0.15, 0.2) is 0 Å². The van der Waals surface area contributed by atoms with E-state index in [2.05, 4.69) is 25.9 Å². The van der Waals surface area contributed by atoms with Crippen molar-refractivity contribution < 1.29 is 14.0 Å². The molecule has 2 rings (SSSR count). The van der Waals surface area contributed by atoms with E-state index in [4.69, 9.17) is 0 Å². The molecule has 0 radical (unpaired) electrons. The summed E-state index contributed by atoms with van der Waals surface area (Å²) in [5.74, 6) is -0.736. The Morgan fingerprint density at radius 2 is 2.29 bits per heavy atom. The van der Waals surface area contributed by atoms with Crippen LogP contribution in [0.15, 0.2) is 27.8 Å². The lowest BCUT2D eigenvalue weighted by Gasteiger charge is -1.99. The van der Waals surface area contributed by atoms with Gasteiger partial charge in [0.25, 0.3) is 0 Å². The van der Waals surface area contributed by atoms with Crippen LogP contribution in [0.1, 0.15) is 12.0 Å². The average Bonchev–Trinajstić information content (AvgIpc) is 2.57. The lowest BCUT2D eigenvalue weighted by Crippen LogP contribution is -2.00. The van der Waals surface area contributed by atoms with Crippen LogP contribution in [0.25, 0.3) is 0 Å². The molecule has 1 heterocycles. The molecule has 1 aliphatic heterocycles. The Morgan fingerprint density at radius 1 is 1.50 bits per heavy atom. The highest BCUT2D eigenvalue weighted by molar-refractivity contribution is 9.10. The summed E-state index contributed by atoms with van der Waals surface area (Å²) in [7, 11) is 0. The topological polar surface area (TPSA) is 38.7 Å². The van der Waals surface area contributed by atoms with Crippen molar-refractivity contribution >= 4 is 27.6 Å². The molecular formula is C9H5BrFNO2. The van der Waals surface area contributed by atoms with Gasteiger partial charge in [-0.25, -0.2) is 9.18 Å². The molecule has 0 bridgehead atoms. The zero-order chi connectivity index (χ0) is 10.1. The molecule has 1 aromatic carbocycles. The second-order valence-corrected chi connectivity index (χ2v) is 3.66. The van der Waals surface area contributed by atoms with Crippen LogP contribution in [0, 0.1) is 5.82 Å². The van der Waals surface area contributed by atoms with E-state index in [1.54, 1.807) is 12.1 Å². The first-order valence-corrected chi connectivity index (χ1v) is 4.68. The SMILES string of the molecule is O=C1CC(c2ccc(F)c(Br)c2)=NO1. The Balaban J connectivity index is 2.34. The summed E-state index contributed by atoms with van der Waals surface area (Å²) in [4.78, 5) is 15.2. The van der Waals surface area contributed by atoms with E-state index >= 15 is 0 Å². The number of oxime groups is 1. The number of halogens is 2. The van der Waals surface area contributed by atoms with E-state index in [1.807, 2.05) is 0 Å². The fourth-order valence-corrected chi connectivity index (χ4v) is 1.52. The molecule has 0 fully saturated rings. The zero-order valence-corrected chi connectivity index (χ0v) is 8.54. The van der Waals surface area contributed by atoms with Gasteiger partial charge in [-0.2, -0.15) is 0 Å². The number of hydrogen-bond donors (Lipinski definition) is 0. The summed E-state index contributed by atoms with van der Waals surface area (Å²) in [5, 5.41) is 3.58. The molecule has 5 heteroatoms. The third kappa shape index (κ3) is 1.68. The molecule has 0 amide bonds. The molecule has 0 spiro atoms. The number of carbonyl (C=O) groups is 1. The summed E-state index contributed by atoms with van der Waals surface area (Å²) in [6, 6.07) is 4.43. The second-order valence-electron chi connectivity index (χ2n) is 2.81. The van der Waals surface area contributed by atoms with Crippen LogP contribution in [0.2, 0.25) is 0 Å². The van der Waals surface area contributed by atoms with Gasteiger partial charge in [0, 0.05) is 5.56 Å². The molecule has 0 saturated carbocycles. The molecule has 1 aromatic rings. The molecule has 0 saturated heterocycles. The van der Waals surface area contributed by atoms with Crippen LogP contribution in [0.4, 0.5) is 4.39 Å². The van der Waals surface area contributed by atoms with E-state index in [1.165, 1.54) is 6.07 Å². The largest absolute Gasteiger partial charge is 0.341 e. The highest BCUT2D eigenvalue weighted by atomic mass is 79.9. The second kappa shape index (κ2) is 3.49. The highest BCUT2D eigenvalue weighted by Gasteiger charge is 2.19. The van der Waals surface area contributed by atoms with Gasteiger partial charge in [-0.1, -0.05) is 11.2 Å². The molecule has 0 N–H and O–H groups in total. The van der Waals surface area contributed by atoms with Crippen molar-refractivity contribution in [2.45, 2.75) is 6.42 Å². The van der Waals surface area contributed by atoms with Gasteiger partial charge >= 0.3 is 5.97 Å². The Labute approximate surface area is 87.7 Å². The van der Waals surface area contributed by atoms with Crippen LogP contribution in [0.3, 0.4) is 0 Å². The van der Waals surface area contributed by atoms with E-state index in [9.17, 15) is 9.18 Å². The van der Waals surface area contributed by atoms with Crippen LogP contribution in [0.5, 0.6) is 0 Å². The third-order valence-corrected chi connectivity index (χ3v) is 2.43. The van der Waals surface area contributed by atoms with Crippen molar-refractivity contribution in [1.29, 1.82) is 0 Å². The molecule has 14 heavy (non-hydrogen) atoms. The summed E-state index contributed by atoms with van der Waals surface area (Å²) >= 11 is 3.05. The smallest absolute Gasteiger partial charge is 0.318 e. The number of hydrogen-bond acceptors (Lipinski definition) is 3. The Kier molecular flexibility index (Phi) is 2.33. The first-order valence-electron chi connectivity index (χ1n) is 3.89. The van der Waals surface area contributed by atoms with E-state index in [-0.39, 0.29) is 18.2 Å². The van der Waals surface area contributed by atoms with Crippen molar-refractivity contribution in [1.82, 2.24) is 0 Å². The van der Waals surface area contributed by atoms with Gasteiger partial charge in [-0.15, -0.1) is 0 Å². The maximum Gasteiger partial charge on any atom is 0.341 e. The number of rotatable bonds is 1. The van der Waals surface area contributed by atoms with E-state index in [0.717, 1.165) is 0 Å². The molecule has 72 valence electrons. The minimum atomic E-state index is -0.388. The van der Waals surface area contributed by atoms with Crippen molar-refractivity contribution in [2.24, 2.45) is 5.16 Å². The van der Waals surface area contributed by atoms with Crippen LogP contribution in [-0.4, -0.2) is 11.7 Å². The van der Waals surface area contributed by atoms with Gasteiger partial charge in [0.1, 0.15) is 5.82 Å². The number of nitrogens with zero attached hydrogens (tertiary/aromatic N) is 1. The minimum absolute atomic E-state index is 0.137. The fraction of sp³-hybridized carbons (Fsp3) is 0.111. The quantitative estimate of drug-likeness (QED) is 0.724. The Morgan fingerprint density at radius 3 is 2.86 bits per heavy atom. The summed E-state index contributed by atoms with van der Waals surface area (Å²) in [6.45, 7) is 0. The maximum absolute atomic E-state index is 12.9. The van der Waals surface area contributed by atoms with Gasteiger partial charge in [-0.3, -0.25) is 0 Å². The summed E-state index contributed by atoms with van der Waals surface area (Å²) in [6.07, 6.45) is 0.137. The highest BCUT2D eigenvalue weighted by Crippen LogP contribution is 2.19. The summed E-state index contributed by atoms with van der Waals surface area (Å²) < 4.78 is 13.2. The van der Waals surface area contributed by atoms with Crippen molar-refractivity contribution in [3.05, 3.63) is 34.1 Å². The Bertz CT molecular complexity index is 431. The minimum Gasteiger partial charge on any atom is -0.318 e. The Hall–Kier alpha value is -1.23. The van der Waals surface area contributed by atoms with Crippen LogP contribution >= 0.6 is 15.9 Å². The fourth-order valence-electron chi connectivity index (χ4n) is 1.14. The first kappa shape index (κ1) is 9.33. The first-order chi connectivity index (χ1) is 6.66. The number of benzene rings is 1. The standard InChI is InChI=1S/C9H5BrFNO2/c10-6-3-5(1-2-7(6)11)8-4-9(13)14-12-8/h1-3H,4H2. The van der Waals surface area contributed by atoms with Crippen molar-refractivity contribution in [2.75, 3.05) is 0 Å². The molecular weight excluding hydrogens is 253 g/mol. The van der Waals surface area contributed by atoms with Crippen molar-refractivity contribution in [3.8, 4) is 0 Å². The lowest BCUT2D eigenvalue weighted by atomic mass is 10.1. The van der Waals surface area contributed by atoms with Gasteiger partial charge in [0.05, 0.1) is 16.6 Å². The lowest BCUT2D eigenvalue weighted by molar-refractivity contribution is -0.140. The van der Waals surface area contributed by atoms with E-state index in [0.29, 0.717) is 15.7 Å². The van der Waals surface area contributed by atoms with Crippen LogP contribution < -0.4 is 0 Å². The average molecular weight is 258 g/mol. The maximum atomic E-state index is 12.9.